The lowest BCUT2D eigenvalue weighted by molar-refractivity contribution is -0.399. The molecule has 0 saturated carbocycles. The largest absolute Gasteiger partial charge is 0.500 e. The summed E-state index contributed by atoms with van der Waals surface area (Å²) in [7, 11) is 3.55. The molecule has 0 aromatic rings. The first kappa shape index (κ1) is 11.1. The lowest BCUT2D eigenvalue weighted by atomic mass is 10.3. The van der Waals surface area contributed by atoms with Crippen LogP contribution in [0.4, 0.5) is 4.79 Å². The van der Waals surface area contributed by atoms with Crippen LogP contribution >= 0.6 is 10.7 Å². The number of rotatable bonds is 1. The molecule has 0 spiro atoms. The van der Waals surface area contributed by atoms with Gasteiger partial charge in [-0.1, -0.05) is 0 Å². The number of amides is 3. The van der Waals surface area contributed by atoms with Gasteiger partial charge in [-0.05, 0) is 0 Å². The van der Waals surface area contributed by atoms with Crippen molar-refractivity contribution in [2.75, 3.05) is 14.1 Å². The summed E-state index contributed by atoms with van der Waals surface area (Å²) in [6.45, 7) is 0. The molecule has 14 heavy (non-hydrogen) atoms. The number of hydrogen-bond acceptors (Lipinski definition) is 4. The van der Waals surface area contributed by atoms with Crippen LogP contribution in [0.5, 0.6) is 0 Å². The Morgan fingerprint density at radius 3 is 2.43 bits per heavy atom. The normalized spacial score (nSPS) is 23.8. The van der Waals surface area contributed by atoms with Crippen LogP contribution in [-0.4, -0.2) is 55.4 Å². The zero-order chi connectivity index (χ0) is 11.1. The van der Waals surface area contributed by atoms with E-state index in [1.807, 2.05) is 0 Å². The second-order valence-electron chi connectivity index (χ2n) is 2.84. The third-order valence-electron chi connectivity index (χ3n) is 1.82. The summed E-state index contributed by atoms with van der Waals surface area (Å²) in [5.41, 5.74) is 0. The molecule has 0 radical (unpaired) electrons. The number of imide groups is 1. The Hall–Kier alpha value is -0.950. The minimum Gasteiger partial charge on any atom is -0.245 e. The first-order chi connectivity index (χ1) is 6.25. The molecule has 0 aromatic heterocycles. The van der Waals surface area contributed by atoms with E-state index < -0.39 is 26.2 Å². The molecule has 1 aliphatic rings. The smallest absolute Gasteiger partial charge is 0.245 e. The minimum absolute atomic E-state index is 0.591. The van der Waals surface area contributed by atoms with Gasteiger partial charge < -0.3 is 0 Å². The summed E-state index contributed by atoms with van der Waals surface area (Å²) in [4.78, 5) is 23.2. The highest BCUT2D eigenvalue weighted by Crippen LogP contribution is 2.12. The molecule has 0 fully saturated rings. The van der Waals surface area contributed by atoms with Crippen molar-refractivity contribution >= 4 is 37.9 Å². The molecule has 1 heterocycles. The summed E-state index contributed by atoms with van der Waals surface area (Å²) in [5, 5.41) is -1.49. The summed E-state index contributed by atoms with van der Waals surface area (Å²) < 4.78 is 22.9. The number of nitrogens with zero attached hydrogens (tertiary/aromatic N) is 2. The van der Waals surface area contributed by atoms with Crippen molar-refractivity contribution < 1.29 is 22.6 Å². The fourth-order valence-electron chi connectivity index (χ4n) is 1.05. The fraction of sp³-hybridized carbons (Fsp3) is 0.500. The molecule has 1 rings (SSSR count). The van der Waals surface area contributed by atoms with Crippen molar-refractivity contribution in [1.82, 2.24) is 4.90 Å². The number of hydrogen-bond donors (Lipinski definition) is 0. The van der Waals surface area contributed by atoms with E-state index >= 15 is 0 Å². The number of carbonyl (C=O) groups is 2. The van der Waals surface area contributed by atoms with Crippen LogP contribution in [-0.2, 0) is 13.8 Å². The molecule has 3 amide bonds. The van der Waals surface area contributed by atoms with Crippen molar-refractivity contribution in [2.45, 2.75) is 5.25 Å². The molecule has 78 valence electrons. The monoisotopic (exact) mass is 239 g/mol. The van der Waals surface area contributed by atoms with Crippen LogP contribution in [0, 0.1) is 0 Å². The van der Waals surface area contributed by atoms with Crippen molar-refractivity contribution in [3.63, 3.8) is 0 Å². The lowest BCUT2D eigenvalue weighted by Gasteiger charge is -2.16. The molecule has 0 aromatic carbocycles. The van der Waals surface area contributed by atoms with Gasteiger partial charge in [-0.15, -0.1) is 0 Å². The Morgan fingerprint density at radius 2 is 2.00 bits per heavy atom. The predicted octanol–water partition coefficient (Wildman–Crippen LogP) is -0.771. The zero-order valence-corrected chi connectivity index (χ0v) is 9.04. The van der Waals surface area contributed by atoms with Gasteiger partial charge in [-0.25, -0.2) is 17.8 Å². The van der Waals surface area contributed by atoms with Crippen molar-refractivity contribution in [3.8, 4) is 0 Å². The van der Waals surface area contributed by atoms with Gasteiger partial charge in [0.05, 0.1) is 14.1 Å². The predicted molar refractivity (Wildman–Crippen MR) is 49.0 cm³/mol. The highest BCUT2D eigenvalue weighted by atomic mass is 35.7. The Morgan fingerprint density at radius 1 is 1.50 bits per heavy atom. The molecule has 0 aliphatic carbocycles. The standard InChI is InChI=1S/C6H8ClN2O4S/c1-8-3-4(14(7,12)13)5(10)9(2)6(8)11/h3-4H,1-2H3/q+1. The van der Waals surface area contributed by atoms with E-state index in [9.17, 15) is 18.0 Å². The number of halogens is 1. The van der Waals surface area contributed by atoms with E-state index in [-0.39, 0.29) is 0 Å². The molecule has 6 nitrogen and oxygen atoms in total. The summed E-state index contributed by atoms with van der Waals surface area (Å²) in [5.74, 6) is -0.844. The molecule has 1 unspecified atom stereocenters. The van der Waals surface area contributed by atoms with E-state index in [2.05, 4.69) is 0 Å². The number of urea groups is 1. The van der Waals surface area contributed by atoms with E-state index in [1.54, 1.807) is 0 Å². The quantitative estimate of drug-likeness (QED) is 0.445. The average molecular weight is 240 g/mol. The molecule has 1 atom stereocenters. The molecule has 0 N–H and O–H groups in total. The summed E-state index contributed by atoms with van der Waals surface area (Å²) >= 11 is 0. The van der Waals surface area contributed by atoms with E-state index in [0.29, 0.717) is 4.90 Å². The Bertz CT molecular complexity index is 427. The van der Waals surface area contributed by atoms with E-state index in [1.165, 1.54) is 14.1 Å². The third-order valence-corrected chi connectivity index (χ3v) is 3.33. The van der Waals surface area contributed by atoms with Crippen molar-refractivity contribution in [2.24, 2.45) is 0 Å². The lowest BCUT2D eigenvalue weighted by Crippen LogP contribution is -2.52. The maximum atomic E-state index is 11.3. The first-order valence-corrected chi connectivity index (χ1v) is 5.95. The first-order valence-electron chi connectivity index (χ1n) is 3.58. The molecular weight excluding hydrogens is 232 g/mol. The van der Waals surface area contributed by atoms with E-state index in [4.69, 9.17) is 10.7 Å². The maximum absolute atomic E-state index is 11.3. The Labute approximate surface area is 85.2 Å². The topological polar surface area (TPSA) is 74.5 Å². The van der Waals surface area contributed by atoms with Gasteiger partial charge >= 0.3 is 11.9 Å². The molecule has 1 aliphatic heterocycles. The van der Waals surface area contributed by atoms with Crippen LogP contribution in [0.3, 0.4) is 0 Å². The second kappa shape index (κ2) is 3.32. The Balaban J connectivity index is 3.26. The van der Waals surface area contributed by atoms with Crippen LogP contribution in [0.25, 0.3) is 0 Å². The fourth-order valence-corrected chi connectivity index (χ4v) is 2.14. The highest BCUT2D eigenvalue weighted by Gasteiger charge is 2.45. The van der Waals surface area contributed by atoms with Crippen LogP contribution in [0.1, 0.15) is 0 Å². The third kappa shape index (κ3) is 1.78. The molecular formula is C6H8ClN2O4S+. The molecule has 0 saturated heterocycles. The average Bonchev–Trinajstić information content (AvgIpc) is 2.06. The second-order valence-corrected chi connectivity index (χ2v) is 5.59. The van der Waals surface area contributed by atoms with Gasteiger partial charge in [0.2, 0.25) is 5.25 Å². The summed E-state index contributed by atoms with van der Waals surface area (Å²) in [6.07, 6.45) is 0.979. The molecule has 0 bridgehead atoms. The van der Waals surface area contributed by atoms with Crippen molar-refractivity contribution in [3.05, 3.63) is 0 Å². The highest BCUT2D eigenvalue weighted by molar-refractivity contribution is 8.15. The minimum atomic E-state index is -4.03. The van der Waals surface area contributed by atoms with Crippen LogP contribution in [0.15, 0.2) is 0 Å². The van der Waals surface area contributed by atoms with Gasteiger partial charge in [-0.3, -0.25) is 0 Å². The maximum Gasteiger partial charge on any atom is 0.500 e. The van der Waals surface area contributed by atoms with Crippen LogP contribution in [0.2, 0.25) is 0 Å². The van der Waals surface area contributed by atoms with Gasteiger partial charge in [0.1, 0.15) is 6.21 Å². The van der Waals surface area contributed by atoms with Gasteiger partial charge in [0.25, 0.3) is 9.05 Å². The van der Waals surface area contributed by atoms with Gasteiger partial charge in [0, 0.05) is 10.7 Å². The molecule has 8 heteroatoms. The SMILES string of the molecule is CN1C(=O)C(S(=O)(=O)Cl)C=[N+](C)C1=O. The van der Waals surface area contributed by atoms with Crippen LogP contribution < -0.4 is 0 Å². The summed E-state index contributed by atoms with van der Waals surface area (Å²) in [6, 6.07) is -0.591. The van der Waals surface area contributed by atoms with Gasteiger partial charge in [0.15, 0.2) is 0 Å². The van der Waals surface area contributed by atoms with E-state index in [0.717, 1.165) is 10.8 Å². The van der Waals surface area contributed by atoms with Crippen molar-refractivity contribution in [1.29, 1.82) is 0 Å². The number of carbonyl (C=O) groups excluding carboxylic acids is 2. The zero-order valence-electron chi connectivity index (χ0n) is 7.47. The van der Waals surface area contributed by atoms with Gasteiger partial charge in [-0.2, -0.15) is 9.69 Å². The Kier molecular flexibility index (Phi) is 2.64.